The van der Waals surface area contributed by atoms with Crippen molar-refractivity contribution in [3.8, 4) is 0 Å². The van der Waals surface area contributed by atoms with E-state index in [1.165, 1.54) is 15.9 Å². The molecule has 0 saturated carbocycles. The smallest absolute Gasteiger partial charge is 0.309 e. The Hall–Kier alpha value is -2.25. The van der Waals surface area contributed by atoms with Crippen LogP contribution in [0.1, 0.15) is 36.0 Å². The van der Waals surface area contributed by atoms with Gasteiger partial charge in [-0.15, -0.1) is 0 Å². The Balaban J connectivity index is 1.35. The van der Waals surface area contributed by atoms with Gasteiger partial charge in [0.05, 0.1) is 10.8 Å². The number of carbonyl (C=O) groups is 1. The van der Waals surface area contributed by atoms with Crippen LogP contribution in [0.25, 0.3) is 0 Å². The van der Waals surface area contributed by atoms with E-state index in [2.05, 4.69) is 0 Å². The number of sulfonamides is 1. The maximum absolute atomic E-state index is 13.6. The van der Waals surface area contributed by atoms with Crippen LogP contribution in [0.4, 0.5) is 4.39 Å². The van der Waals surface area contributed by atoms with Crippen molar-refractivity contribution in [2.24, 2.45) is 5.92 Å². The number of esters is 1. The number of benzene rings is 2. The van der Waals surface area contributed by atoms with Gasteiger partial charge in [-0.05, 0) is 61.4 Å². The van der Waals surface area contributed by atoms with Gasteiger partial charge in [0.15, 0.2) is 0 Å². The average Bonchev–Trinajstić information content (AvgIpc) is 3.21. The van der Waals surface area contributed by atoms with Crippen LogP contribution < -0.4 is 0 Å². The number of hydrogen-bond donors (Lipinski definition) is 0. The second-order valence-electron chi connectivity index (χ2n) is 7.66. The van der Waals surface area contributed by atoms with Crippen LogP contribution in [-0.4, -0.2) is 31.8 Å². The third kappa shape index (κ3) is 4.21. The number of hydrogen-bond acceptors (Lipinski definition) is 4. The van der Waals surface area contributed by atoms with E-state index in [9.17, 15) is 17.6 Å². The molecule has 2 aromatic carbocycles. The molecule has 2 aliphatic rings. The fourth-order valence-electron chi connectivity index (χ4n) is 4.07. The molecule has 5 nitrogen and oxygen atoms in total. The van der Waals surface area contributed by atoms with E-state index in [1.54, 1.807) is 30.3 Å². The number of piperidine rings is 1. The van der Waals surface area contributed by atoms with Gasteiger partial charge in [-0.3, -0.25) is 4.79 Å². The lowest BCUT2D eigenvalue weighted by Gasteiger charge is -2.30. The summed E-state index contributed by atoms with van der Waals surface area (Å²) in [4.78, 5) is 12.7. The van der Waals surface area contributed by atoms with Gasteiger partial charge in [0.2, 0.25) is 10.0 Å². The quantitative estimate of drug-likeness (QED) is 0.699. The van der Waals surface area contributed by atoms with Crippen LogP contribution in [0.2, 0.25) is 0 Å². The third-order valence-corrected chi connectivity index (χ3v) is 7.72. The molecule has 0 spiro atoms. The molecule has 0 amide bonds. The maximum atomic E-state index is 13.6. The molecule has 1 aliphatic carbocycles. The number of fused-ring (bicyclic) bond motifs is 1. The Bertz CT molecular complexity index is 1010. The summed E-state index contributed by atoms with van der Waals surface area (Å²) in [6, 6.07) is 11.6. The summed E-state index contributed by atoms with van der Waals surface area (Å²) < 4.78 is 46.3. The molecular weight excluding hydrogens is 393 g/mol. The van der Waals surface area contributed by atoms with Crippen LogP contribution in [-0.2, 0) is 39.0 Å². The van der Waals surface area contributed by atoms with Crippen molar-refractivity contribution in [2.45, 2.75) is 43.6 Å². The summed E-state index contributed by atoms with van der Waals surface area (Å²) in [5.74, 6) is -1.17. The topological polar surface area (TPSA) is 63.7 Å². The fraction of sp³-hybridized carbons (Fsp3) is 0.409. The van der Waals surface area contributed by atoms with E-state index in [4.69, 9.17) is 4.74 Å². The Labute approximate surface area is 170 Å². The summed E-state index contributed by atoms with van der Waals surface area (Å²) in [5, 5.41) is 0. The highest BCUT2D eigenvalue weighted by atomic mass is 32.2. The Morgan fingerprint density at radius 2 is 1.79 bits per heavy atom. The molecule has 0 N–H and O–H groups in total. The first-order chi connectivity index (χ1) is 13.9. The van der Waals surface area contributed by atoms with E-state index >= 15 is 0 Å². The molecular formula is C22H24FNO4S. The maximum Gasteiger partial charge on any atom is 0.309 e. The number of ether oxygens (including phenoxy) is 1. The van der Waals surface area contributed by atoms with Gasteiger partial charge in [0.25, 0.3) is 0 Å². The summed E-state index contributed by atoms with van der Waals surface area (Å²) >= 11 is 0. The van der Waals surface area contributed by atoms with E-state index in [0.29, 0.717) is 23.3 Å². The summed E-state index contributed by atoms with van der Waals surface area (Å²) in [6.07, 6.45) is 3.81. The largest absolute Gasteiger partial charge is 0.460 e. The minimum absolute atomic E-state index is 0.112. The summed E-state index contributed by atoms with van der Waals surface area (Å²) in [5.41, 5.74) is 2.69. The van der Waals surface area contributed by atoms with Gasteiger partial charge in [-0.1, -0.05) is 24.3 Å². The number of aryl methyl sites for hydroxylation is 2. The summed E-state index contributed by atoms with van der Waals surface area (Å²) in [6.45, 7) is 0.441. The molecule has 1 saturated heterocycles. The molecule has 1 heterocycles. The van der Waals surface area contributed by atoms with Crippen molar-refractivity contribution in [1.29, 1.82) is 0 Å². The summed E-state index contributed by atoms with van der Waals surface area (Å²) in [7, 11) is -3.56. The standard InChI is InChI=1S/C22H24FNO4S/c23-21-7-2-1-4-19(21)15-28-22(25)17-10-12-24(13-11-17)29(26,27)20-9-8-16-5-3-6-18(16)14-20/h1-2,4,7-9,14,17H,3,5-6,10-13,15H2. The molecule has 2 aromatic rings. The van der Waals surface area contributed by atoms with E-state index in [1.807, 2.05) is 6.07 Å². The van der Waals surface area contributed by atoms with E-state index in [-0.39, 0.29) is 25.6 Å². The van der Waals surface area contributed by atoms with Crippen LogP contribution in [0.5, 0.6) is 0 Å². The van der Waals surface area contributed by atoms with Crippen LogP contribution >= 0.6 is 0 Å². The monoisotopic (exact) mass is 417 g/mol. The average molecular weight is 418 g/mol. The predicted octanol–water partition coefficient (Wildman–Crippen LogP) is 3.46. The number of halogens is 1. The van der Waals surface area contributed by atoms with Gasteiger partial charge in [-0.25, -0.2) is 12.8 Å². The second kappa shape index (κ2) is 8.24. The van der Waals surface area contributed by atoms with Crippen LogP contribution in [0.3, 0.4) is 0 Å². The molecule has 0 aromatic heterocycles. The first-order valence-electron chi connectivity index (χ1n) is 9.97. The highest BCUT2D eigenvalue weighted by Crippen LogP contribution is 2.29. The van der Waals surface area contributed by atoms with Crippen molar-refractivity contribution < 1.29 is 22.3 Å². The first-order valence-corrected chi connectivity index (χ1v) is 11.4. The molecule has 0 unspecified atom stereocenters. The van der Waals surface area contributed by atoms with Crippen molar-refractivity contribution in [3.05, 3.63) is 65.0 Å². The lowest BCUT2D eigenvalue weighted by Crippen LogP contribution is -2.40. The zero-order valence-corrected chi connectivity index (χ0v) is 17.0. The molecule has 0 radical (unpaired) electrons. The van der Waals surface area contributed by atoms with Gasteiger partial charge in [0.1, 0.15) is 12.4 Å². The molecule has 1 aliphatic heterocycles. The predicted molar refractivity (Wildman–Crippen MR) is 106 cm³/mol. The third-order valence-electron chi connectivity index (χ3n) is 5.82. The second-order valence-corrected chi connectivity index (χ2v) is 9.60. The van der Waals surface area contributed by atoms with Crippen molar-refractivity contribution >= 4 is 16.0 Å². The lowest BCUT2D eigenvalue weighted by molar-refractivity contribution is -0.151. The molecule has 7 heteroatoms. The van der Waals surface area contributed by atoms with Crippen LogP contribution in [0.15, 0.2) is 47.4 Å². The fourth-order valence-corrected chi connectivity index (χ4v) is 5.59. The number of rotatable bonds is 5. The first kappa shape index (κ1) is 20.0. The normalized spacial score (nSPS) is 17.8. The highest BCUT2D eigenvalue weighted by Gasteiger charge is 2.33. The molecule has 29 heavy (non-hydrogen) atoms. The highest BCUT2D eigenvalue weighted by molar-refractivity contribution is 7.89. The molecule has 0 bridgehead atoms. The van der Waals surface area contributed by atoms with Crippen LogP contribution in [0, 0.1) is 11.7 Å². The van der Waals surface area contributed by atoms with Crippen molar-refractivity contribution in [1.82, 2.24) is 4.31 Å². The Kier molecular flexibility index (Phi) is 5.69. The minimum atomic E-state index is -3.56. The Morgan fingerprint density at radius 3 is 2.55 bits per heavy atom. The zero-order valence-electron chi connectivity index (χ0n) is 16.1. The number of carbonyl (C=O) groups excluding carboxylic acids is 1. The van der Waals surface area contributed by atoms with E-state index in [0.717, 1.165) is 24.8 Å². The van der Waals surface area contributed by atoms with Gasteiger partial charge in [0, 0.05) is 18.7 Å². The molecule has 4 rings (SSSR count). The van der Waals surface area contributed by atoms with Crippen molar-refractivity contribution in [2.75, 3.05) is 13.1 Å². The van der Waals surface area contributed by atoms with E-state index < -0.39 is 21.8 Å². The lowest BCUT2D eigenvalue weighted by atomic mass is 9.98. The van der Waals surface area contributed by atoms with Gasteiger partial charge >= 0.3 is 5.97 Å². The van der Waals surface area contributed by atoms with Gasteiger partial charge < -0.3 is 4.74 Å². The SMILES string of the molecule is O=C(OCc1ccccc1F)C1CCN(S(=O)(=O)c2ccc3c(c2)CCC3)CC1. The number of nitrogens with zero attached hydrogens (tertiary/aromatic N) is 1. The van der Waals surface area contributed by atoms with Gasteiger partial charge in [-0.2, -0.15) is 4.31 Å². The minimum Gasteiger partial charge on any atom is -0.460 e. The molecule has 0 atom stereocenters. The Morgan fingerprint density at radius 1 is 1.07 bits per heavy atom. The molecule has 154 valence electrons. The molecule has 1 fully saturated rings. The zero-order chi connectivity index (χ0) is 20.4. The van der Waals surface area contributed by atoms with Crippen molar-refractivity contribution in [3.63, 3.8) is 0 Å².